The summed E-state index contributed by atoms with van der Waals surface area (Å²) in [4.78, 5) is 9.21. The predicted octanol–water partition coefficient (Wildman–Crippen LogP) is 3.30. The van der Waals surface area contributed by atoms with Crippen LogP contribution in [0, 0.1) is 6.92 Å². The van der Waals surface area contributed by atoms with E-state index in [1.807, 2.05) is 6.92 Å². The van der Waals surface area contributed by atoms with Crippen molar-refractivity contribution >= 4 is 11.6 Å². The molecular weight excluding hydrogens is 264 g/mol. The Morgan fingerprint density at radius 3 is 2.19 bits per heavy atom. The Labute approximate surface area is 128 Å². The molecule has 0 amide bonds. The summed E-state index contributed by atoms with van der Waals surface area (Å²) in [5.41, 5.74) is 1.01. The zero-order valence-corrected chi connectivity index (χ0v) is 14.0. The van der Waals surface area contributed by atoms with Crippen molar-refractivity contribution in [1.82, 2.24) is 9.97 Å². The zero-order chi connectivity index (χ0) is 15.8. The lowest BCUT2D eigenvalue weighted by atomic mass is 10.2. The third-order valence-corrected chi connectivity index (χ3v) is 3.35. The fraction of sp³-hybridized carbons (Fsp3) is 0.750. The fourth-order valence-corrected chi connectivity index (χ4v) is 2.03. The first-order valence-corrected chi connectivity index (χ1v) is 8.03. The van der Waals surface area contributed by atoms with Gasteiger partial charge in [-0.1, -0.05) is 34.1 Å². The third kappa shape index (κ3) is 5.50. The molecule has 1 rings (SSSR count). The van der Waals surface area contributed by atoms with Crippen LogP contribution in [0.25, 0.3) is 0 Å². The van der Waals surface area contributed by atoms with Gasteiger partial charge in [0.1, 0.15) is 17.5 Å². The van der Waals surface area contributed by atoms with Crippen molar-refractivity contribution in [2.75, 3.05) is 23.7 Å². The van der Waals surface area contributed by atoms with Crippen molar-refractivity contribution in [1.29, 1.82) is 0 Å². The molecule has 0 radical (unpaired) electrons. The SMILES string of the molecule is CCCNc1nc(C(C)C)nc(NCC(O)CCC)c1C. The van der Waals surface area contributed by atoms with Gasteiger partial charge in [-0.15, -0.1) is 0 Å². The van der Waals surface area contributed by atoms with E-state index >= 15 is 0 Å². The standard InChI is InChI=1S/C16H30N4O/c1-6-8-13(21)10-18-16-12(5)15(17-9-7-2)19-14(20-16)11(3)4/h11,13,21H,6-10H2,1-5H3,(H2,17,18,19,20). The number of aromatic nitrogens is 2. The van der Waals surface area contributed by atoms with Crippen LogP contribution in [0.1, 0.15) is 64.3 Å². The Hall–Kier alpha value is -1.36. The van der Waals surface area contributed by atoms with Crippen LogP contribution in [0.5, 0.6) is 0 Å². The molecule has 0 saturated heterocycles. The number of aliphatic hydroxyl groups excluding tert-OH is 1. The third-order valence-electron chi connectivity index (χ3n) is 3.35. The number of hydrogen-bond donors (Lipinski definition) is 3. The van der Waals surface area contributed by atoms with E-state index in [2.05, 4.69) is 48.3 Å². The minimum atomic E-state index is -0.334. The minimum absolute atomic E-state index is 0.272. The number of hydrogen-bond acceptors (Lipinski definition) is 5. The summed E-state index contributed by atoms with van der Waals surface area (Å²) in [6.07, 6.45) is 2.50. The molecule has 0 aromatic carbocycles. The van der Waals surface area contributed by atoms with Gasteiger partial charge in [-0.25, -0.2) is 9.97 Å². The van der Waals surface area contributed by atoms with Gasteiger partial charge in [-0.2, -0.15) is 0 Å². The normalized spacial score (nSPS) is 12.5. The molecule has 120 valence electrons. The van der Waals surface area contributed by atoms with Gasteiger partial charge in [0, 0.05) is 24.6 Å². The first-order chi connectivity index (χ1) is 9.99. The van der Waals surface area contributed by atoms with Crippen molar-refractivity contribution in [3.63, 3.8) is 0 Å². The molecule has 5 nitrogen and oxygen atoms in total. The molecule has 0 spiro atoms. The summed E-state index contributed by atoms with van der Waals surface area (Å²) in [5.74, 6) is 2.81. The first-order valence-electron chi connectivity index (χ1n) is 8.03. The van der Waals surface area contributed by atoms with Gasteiger partial charge >= 0.3 is 0 Å². The summed E-state index contributed by atoms with van der Waals surface area (Å²) in [5, 5.41) is 16.5. The van der Waals surface area contributed by atoms with Gasteiger partial charge in [0.15, 0.2) is 0 Å². The van der Waals surface area contributed by atoms with E-state index in [-0.39, 0.29) is 12.0 Å². The van der Waals surface area contributed by atoms with E-state index in [1.165, 1.54) is 0 Å². The van der Waals surface area contributed by atoms with Crippen molar-refractivity contribution in [3.05, 3.63) is 11.4 Å². The summed E-state index contributed by atoms with van der Waals surface area (Å²) in [6.45, 7) is 11.8. The second kappa shape index (κ2) is 8.82. The monoisotopic (exact) mass is 294 g/mol. The highest BCUT2D eigenvalue weighted by molar-refractivity contribution is 5.57. The maximum absolute atomic E-state index is 9.87. The molecule has 21 heavy (non-hydrogen) atoms. The number of nitrogens with zero attached hydrogens (tertiary/aromatic N) is 2. The van der Waals surface area contributed by atoms with Crippen molar-refractivity contribution in [3.8, 4) is 0 Å². The minimum Gasteiger partial charge on any atom is -0.391 e. The maximum Gasteiger partial charge on any atom is 0.135 e. The summed E-state index contributed by atoms with van der Waals surface area (Å²) < 4.78 is 0. The lowest BCUT2D eigenvalue weighted by molar-refractivity contribution is 0.176. The summed E-state index contributed by atoms with van der Waals surface area (Å²) in [7, 11) is 0. The van der Waals surface area contributed by atoms with Gasteiger partial charge < -0.3 is 15.7 Å². The number of anilines is 2. The second-order valence-corrected chi connectivity index (χ2v) is 5.81. The largest absolute Gasteiger partial charge is 0.391 e. The van der Waals surface area contributed by atoms with Crippen molar-refractivity contribution in [2.24, 2.45) is 0 Å². The van der Waals surface area contributed by atoms with Gasteiger partial charge in [-0.3, -0.25) is 0 Å². The molecule has 1 aromatic heterocycles. The molecule has 1 heterocycles. The van der Waals surface area contributed by atoms with Crippen LogP contribution in [-0.2, 0) is 0 Å². The van der Waals surface area contributed by atoms with Gasteiger partial charge in [0.05, 0.1) is 6.10 Å². The first kappa shape index (κ1) is 17.7. The van der Waals surface area contributed by atoms with Crippen LogP contribution in [0.3, 0.4) is 0 Å². The van der Waals surface area contributed by atoms with E-state index in [0.29, 0.717) is 6.54 Å². The quantitative estimate of drug-likeness (QED) is 0.652. The Balaban J connectivity index is 2.91. The predicted molar refractivity (Wildman–Crippen MR) is 89.0 cm³/mol. The molecule has 0 aliphatic heterocycles. The molecule has 0 aliphatic carbocycles. The van der Waals surface area contributed by atoms with Gasteiger partial charge in [-0.05, 0) is 19.8 Å². The molecule has 5 heteroatoms. The van der Waals surface area contributed by atoms with Crippen LogP contribution >= 0.6 is 0 Å². The smallest absolute Gasteiger partial charge is 0.135 e. The molecule has 1 aromatic rings. The van der Waals surface area contributed by atoms with Crippen molar-refractivity contribution < 1.29 is 5.11 Å². The molecule has 0 aliphatic rings. The van der Waals surface area contributed by atoms with Crippen LogP contribution < -0.4 is 10.6 Å². The maximum atomic E-state index is 9.87. The molecule has 1 atom stereocenters. The molecular formula is C16H30N4O. The number of rotatable bonds is 9. The van der Waals surface area contributed by atoms with Crippen LogP contribution in [0.4, 0.5) is 11.6 Å². The van der Waals surface area contributed by atoms with Gasteiger partial charge in [0.2, 0.25) is 0 Å². The highest BCUT2D eigenvalue weighted by Gasteiger charge is 2.13. The average molecular weight is 294 g/mol. The Morgan fingerprint density at radius 1 is 1.05 bits per heavy atom. The van der Waals surface area contributed by atoms with Crippen LogP contribution in [-0.4, -0.2) is 34.3 Å². The van der Waals surface area contributed by atoms with E-state index in [4.69, 9.17) is 0 Å². The van der Waals surface area contributed by atoms with E-state index in [1.54, 1.807) is 0 Å². The molecule has 0 fully saturated rings. The Morgan fingerprint density at radius 2 is 1.67 bits per heavy atom. The average Bonchev–Trinajstić information content (AvgIpc) is 2.45. The lowest BCUT2D eigenvalue weighted by Gasteiger charge is -2.17. The van der Waals surface area contributed by atoms with E-state index < -0.39 is 0 Å². The molecule has 1 unspecified atom stereocenters. The zero-order valence-electron chi connectivity index (χ0n) is 14.0. The highest BCUT2D eigenvalue weighted by atomic mass is 16.3. The fourth-order valence-electron chi connectivity index (χ4n) is 2.03. The van der Waals surface area contributed by atoms with Crippen LogP contribution in [0.15, 0.2) is 0 Å². The second-order valence-electron chi connectivity index (χ2n) is 5.81. The Kier molecular flexibility index (Phi) is 7.43. The lowest BCUT2D eigenvalue weighted by Crippen LogP contribution is -2.21. The highest BCUT2D eigenvalue weighted by Crippen LogP contribution is 2.23. The number of aliphatic hydroxyl groups is 1. The van der Waals surface area contributed by atoms with E-state index in [0.717, 1.165) is 48.8 Å². The van der Waals surface area contributed by atoms with Gasteiger partial charge in [0.25, 0.3) is 0 Å². The summed E-state index contributed by atoms with van der Waals surface area (Å²) >= 11 is 0. The summed E-state index contributed by atoms with van der Waals surface area (Å²) in [6, 6.07) is 0. The Bertz CT molecular complexity index is 435. The topological polar surface area (TPSA) is 70.1 Å². The van der Waals surface area contributed by atoms with E-state index in [9.17, 15) is 5.11 Å². The van der Waals surface area contributed by atoms with Crippen LogP contribution in [0.2, 0.25) is 0 Å². The molecule has 0 bridgehead atoms. The molecule has 0 saturated carbocycles. The number of nitrogens with one attached hydrogen (secondary N) is 2. The molecule has 3 N–H and O–H groups in total. The van der Waals surface area contributed by atoms with Crippen molar-refractivity contribution in [2.45, 2.75) is 65.9 Å².